The number of amides is 2. The molecule has 240 valence electrons. The van der Waals surface area contributed by atoms with E-state index in [4.69, 9.17) is 10.4 Å². The molecule has 0 unspecified atom stereocenters. The zero-order valence-electron chi connectivity index (χ0n) is 24.7. The van der Waals surface area contributed by atoms with Gasteiger partial charge in [-0.25, -0.2) is 11.0 Å². The standard InChI is InChI=1S/C18H16N2O2.C17H13F3N2O3/c21-18(19-22)16-9-8-15-10-12-20(17(15)13-16)11-4-7-14-5-2-1-3-6-14;18-17(19,20)25-14-5-1-11(2-6-14)10-22-8-7-12-3-4-13(9-15(12)22)16(23)21-24/h1-10,12-13,22H,11H2,(H,19,21);1-9,24H,10H2,(H,21,23). The van der Waals surface area contributed by atoms with Crippen LogP contribution in [-0.2, 0) is 13.1 Å². The molecule has 0 aliphatic carbocycles. The summed E-state index contributed by atoms with van der Waals surface area (Å²) in [6.07, 6.45) is 3.22. The number of aromatic nitrogens is 2. The minimum atomic E-state index is -4.72. The van der Waals surface area contributed by atoms with E-state index in [2.05, 4.69) is 21.5 Å². The molecule has 0 saturated carbocycles. The maximum atomic E-state index is 12.2. The number of hydroxylamine groups is 2. The van der Waals surface area contributed by atoms with Crippen LogP contribution in [-0.4, -0.2) is 37.7 Å². The maximum Gasteiger partial charge on any atom is 0.573 e. The number of rotatable bonds is 8. The predicted octanol–water partition coefficient (Wildman–Crippen LogP) is 7.18. The number of allylic oxidation sites excluding steroid dienone is 1. The van der Waals surface area contributed by atoms with E-state index in [9.17, 15) is 22.8 Å². The summed E-state index contributed by atoms with van der Waals surface area (Å²) in [5, 5.41) is 19.4. The van der Waals surface area contributed by atoms with Crippen molar-refractivity contribution in [3.05, 3.63) is 144 Å². The molecule has 4 aromatic carbocycles. The van der Waals surface area contributed by atoms with Gasteiger partial charge in [-0.3, -0.25) is 20.0 Å². The summed E-state index contributed by atoms with van der Waals surface area (Å²) in [5.74, 6) is -1.41. The lowest BCUT2D eigenvalue weighted by Gasteiger charge is -2.10. The fraction of sp³-hybridized carbons (Fsp3) is 0.0857. The number of hydrogen-bond acceptors (Lipinski definition) is 5. The van der Waals surface area contributed by atoms with Crippen LogP contribution in [0.5, 0.6) is 5.75 Å². The smallest absolute Gasteiger partial charge is 0.406 e. The van der Waals surface area contributed by atoms with Crippen LogP contribution in [0.15, 0.2) is 122 Å². The molecule has 0 bridgehead atoms. The minimum absolute atomic E-state index is 0.282. The fourth-order valence-corrected chi connectivity index (χ4v) is 4.94. The Labute approximate surface area is 266 Å². The van der Waals surface area contributed by atoms with E-state index in [0.717, 1.165) is 32.9 Å². The SMILES string of the molecule is O=C(NO)c1ccc2ccn(CC=Cc3ccccc3)c2c1.O=C(NO)c1ccc2ccn(Cc3ccc(OC(F)(F)F)cc3)c2c1. The number of fused-ring (bicyclic) bond motifs is 2. The van der Waals surface area contributed by atoms with Gasteiger partial charge in [0.2, 0.25) is 0 Å². The van der Waals surface area contributed by atoms with E-state index in [-0.39, 0.29) is 5.75 Å². The second-order valence-corrected chi connectivity index (χ2v) is 10.3. The van der Waals surface area contributed by atoms with Gasteiger partial charge in [-0.1, -0.05) is 66.7 Å². The number of benzene rings is 4. The number of nitrogens with one attached hydrogen (secondary N) is 2. The average Bonchev–Trinajstić information content (AvgIpc) is 3.68. The van der Waals surface area contributed by atoms with Gasteiger partial charge in [-0.05, 0) is 70.4 Å². The molecule has 6 rings (SSSR count). The van der Waals surface area contributed by atoms with Crippen molar-refractivity contribution in [1.82, 2.24) is 20.1 Å². The number of alkyl halides is 3. The van der Waals surface area contributed by atoms with Crippen LogP contribution >= 0.6 is 0 Å². The highest BCUT2D eigenvalue weighted by Gasteiger charge is 2.30. The molecule has 0 aliphatic heterocycles. The third-order valence-corrected chi connectivity index (χ3v) is 7.20. The Morgan fingerprint density at radius 1 is 0.723 bits per heavy atom. The van der Waals surface area contributed by atoms with Crippen molar-refractivity contribution in [3.63, 3.8) is 0 Å². The first kappa shape index (κ1) is 32.5. The Balaban J connectivity index is 0.000000186. The highest BCUT2D eigenvalue weighted by Crippen LogP contribution is 2.24. The first-order valence-corrected chi connectivity index (χ1v) is 14.3. The number of carbonyl (C=O) groups is 2. The topological polar surface area (TPSA) is 118 Å². The monoisotopic (exact) mass is 642 g/mol. The number of nitrogens with zero attached hydrogens (tertiary/aromatic N) is 2. The Kier molecular flexibility index (Phi) is 10.0. The predicted molar refractivity (Wildman–Crippen MR) is 170 cm³/mol. The molecule has 0 saturated heterocycles. The molecule has 0 spiro atoms. The van der Waals surface area contributed by atoms with E-state index in [0.29, 0.717) is 24.2 Å². The molecule has 0 aliphatic rings. The number of halogens is 3. The quantitative estimate of drug-likeness (QED) is 0.104. The van der Waals surface area contributed by atoms with Crippen LogP contribution in [0.2, 0.25) is 0 Å². The molecule has 12 heteroatoms. The molecule has 6 aromatic rings. The van der Waals surface area contributed by atoms with Gasteiger partial charge >= 0.3 is 6.36 Å². The third kappa shape index (κ3) is 8.45. The van der Waals surface area contributed by atoms with Crippen LogP contribution in [0.25, 0.3) is 27.9 Å². The van der Waals surface area contributed by atoms with Crippen molar-refractivity contribution in [1.29, 1.82) is 0 Å². The second kappa shape index (κ2) is 14.5. The largest absolute Gasteiger partial charge is 0.573 e. The van der Waals surface area contributed by atoms with Crippen LogP contribution < -0.4 is 15.7 Å². The molecule has 0 atom stereocenters. The van der Waals surface area contributed by atoms with Crippen molar-refractivity contribution in [2.24, 2.45) is 0 Å². The lowest BCUT2D eigenvalue weighted by Crippen LogP contribution is -2.18. The molecule has 47 heavy (non-hydrogen) atoms. The van der Waals surface area contributed by atoms with E-state index in [1.807, 2.05) is 65.5 Å². The van der Waals surface area contributed by atoms with Gasteiger partial charge in [0.05, 0.1) is 0 Å². The van der Waals surface area contributed by atoms with Crippen LogP contribution in [0, 0.1) is 0 Å². The zero-order valence-corrected chi connectivity index (χ0v) is 24.7. The molecule has 2 aromatic heterocycles. The minimum Gasteiger partial charge on any atom is -0.406 e. The van der Waals surface area contributed by atoms with Crippen molar-refractivity contribution >= 4 is 39.7 Å². The average molecular weight is 643 g/mol. The summed E-state index contributed by atoms with van der Waals surface area (Å²) in [7, 11) is 0. The summed E-state index contributed by atoms with van der Waals surface area (Å²) in [4.78, 5) is 23.0. The summed E-state index contributed by atoms with van der Waals surface area (Å²) in [6, 6.07) is 29.8. The first-order valence-electron chi connectivity index (χ1n) is 14.3. The van der Waals surface area contributed by atoms with Crippen molar-refractivity contribution in [2.75, 3.05) is 0 Å². The Bertz CT molecular complexity index is 2020. The van der Waals surface area contributed by atoms with Crippen LogP contribution in [0.4, 0.5) is 13.2 Å². The van der Waals surface area contributed by atoms with E-state index in [1.54, 1.807) is 41.3 Å². The van der Waals surface area contributed by atoms with Gasteiger partial charge in [0.1, 0.15) is 5.75 Å². The molecule has 0 fully saturated rings. The van der Waals surface area contributed by atoms with Crippen LogP contribution in [0.3, 0.4) is 0 Å². The maximum absolute atomic E-state index is 12.2. The summed E-state index contributed by atoms with van der Waals surface area (Å²) in [6.45, 7) is 1.11. The number of hydrogen-bond donors (Lipinski definition) is 4. The van der Waals surface area contributed by atoms with Gasteiger partial charge < -0.3 is 13.9 Å². The normalized spacial score (nSPS) is 11.3. The van der Waals surface area contributed by atoms with Gasteiger partial charge in [-0.2, -0.15) is 0 Å². The molecular formula is C35H29F3N4O5. The van der Waals surface area contributed by atoms with Crippen LogP contribution in [0.1, 0.15) is 31.8 Å². The molecule has 0 radical (unpaired) electrons. The zero-order chi connectivity index (χ0) is 33.4. The van der Waals surface area contributed by atoms with E-state index < -0.39 is 18.2 Å². The lowest BCUT2D eigenvalue weighted by atomic mass is 10.1. The van der Waals surface area contributed by atoms with Gasteiger partial charge in [0.25, 0.3) is 11.8 Å². The van der Waals surface area contributed by atoms with Gasteiger partial charge in [-0.15, -0.1) is 13.2 Å². The summed E-state index contributed by atoms with van der Waals surface area (Å²) >= 11 is 0. The summed E-state index contributed by atoms with van der Waals surface area (Å²) < 4.78 is 44.3. The molecule has 4 N–H and O–H groups in total. The lowest BCUT2D eigenvalue weighted by molar-refractivity contribution is -0.274. The number of ether oxygens (including phenoxy) is 1. The molecule has 2 heterocycles. The van der Waals surface area contributed by atoms with E-state index in [1.165, 1.54) is 24.3 Å². The molecule has 9 nitrogen and oxygen atoms in total. The number of carbonyl (C=O) groups excluding carboxylic acids is 2. The highest BCUT2D eigenvalue weighted by molar-refractivity contribution is 5.98. The van der Waals surface area contributed by atoms with Crippen molar-refractivity contribution < 1.29 is 37.9 Å². The Morgan fingerprint density at radius 2 is 1.28 bits per heavy atom. The van der Waals surface area contributed by atoms with Crippen molar-refractivity contribution in [2.45, 2.75) is 19.5 Å². The highest BCUT2D eigenvalue weighted by atomic mass is 19.4. The van der Waals surface area contributed by atoms with E-state index >= 15 is 0 Å². The fourth-order valence-electron chi connectivity index (χ4n) is 4.94. The molecule has 2 amide bonds. The second-order valence-electron chi connectivity index (χ2n) is 10.3. The molecular weight excluding hydrogens is 613 g/mol. The van der Waals surface area contributed by atoms with Gasteiger partial charge in [0, 0.05) is 47.6 Å². The first-order chi connectivity index (χ1) is 22.6. The van der Waals surface area contributed by atoms with Gasteiger partial charge in [0.15, 0.2) is 0 Å². The Hall–Kier alpha value is -5.85. The third-order valence-electron chi connectivity index (χ3n) is 7.20. The summed E-state index contributed by atoms with van der Waals surface area (Å²) in [5.41, 5.74) is 7.60. The Morgan fingerprint density at radius 3 is 1.83 bits per heavy atom. The van der Waals surface area contributed by atoms with Crippen molar-refractivity contribution in [3.8, 4) is 5.75 Å².